The lowest BCUT2D eigenvalue weighted by atomic mass is 10.1. The van der Waals surface area contributed by atoms with Crippen molar-refractivity contribution in [1.29, 1.82) is 0 Å². The van der Waals surface area contributed by atoms with Crippen molar-refractivity contribution in [3.05, 3.63) is 153 Å². The third-order valence-corrected chi connectivity index (χ3v) is 11.6. The molecule has 1 N–H and O–H groups in total. The van der Waals surface area contributed by atoms with Crippen molar-refractivity contribution < 1.29 is 18.6 Å². The molecule has 2 aliphatic heterocycles. The van der Waals surface area contributed by atoms with E-state index in [9.17, 15) is 13.9 Å². The summed E-state index contributed by atoms with van der Waals surface area (Å²) in [5.41, 5.74) is 8.07. The quantitative estimate of drug-likeness (QED) is 0.154. The lowest BCUT2D eigenvalue weighted by Crippen LogP contribution is -2.46. The molecule has 0 unspecified atom stereocenters. The molecular formula is C45H42Cl4F2N6O2. The van der Waals surface area contributed by atoms with E-state index in [1.807, 2.05) is 30.7 Å². The predicted octanol–water partition coefficient (Wildman–Crippen LogP) is 10.7. The van der Waals surface area contributed by atoms with Gasteiger partial charge in [0.25, 0.3) is 0 Å². The van der Waals surface area contributed by atoms with Gasteiger partial charge < -0.3 is 19.6 Å². The van der Waals surface area contributed by atoms with Crippen molar-refractivity contribution in [2.45, 2.75) is 13.1 Å². The van der Waals surface area contributed by atoms with Crippen molar-refractivity contribution in [3.8, 4) is 33.8 Å². The highest BCUT2D eigenvalue weighted by atomic mass is 35.5. The van der Waals surface area contributed by atoms with Gasteiger partial charge in [-0.2, -0.15) is 0 Å². The number of anilines is 2. The molecule has 0 radical (unpaired) electrons. The molecule has 4 aromatic carbocycles. The molecule has 0 aliphatic carbocycles. The van der Waals surface area contributed by atoms with E-state index in [-0.39, 0.29) is 27.4 Å². The van der Waals surface area contributed by atoms with Gasteiger partial charge in [-0.1, -0.05) is 70.7 Å². The number of nitrogens with zero attached hydrogens (tertiary/aromatic N) is 6. The molecule has 2 saturated heterocycles. The number of aromatic nitrogens is 2. The average Bonchev–Trinajstić information content (AvgIpc) is 3.24. The molecule has 8 rings (SSSR count). The third kappa shape index (κ3) is 10.9. The van der Waals surface area contributed by atoms with Gasteiger partial charge in [0, 0.05) is 113 Å². The summed E-state index contributed by atoms with van der Waals surface area (Å²) >= 11 is 24.7. The fourth-order valence-electron chi connectivity index (χ4n) is 7.25. The minimum atomic E-state index is -0.244. The standard InChI is InChI=1S/C23H22Cl2FN3O.C22H20Cl2FN3O/c1-30-23-21(24)11-20(12-22(23)25)29-8-6-28(7-9-29)15-16-10-18(14-27-13-16)17-2-4-19(26)5-3-17;23-20-10-19(11-21(24)22(20)29)28-7-5-27(6-8-28)14-15-9-17(13-26-12-15)16-1-3-18(25)4-2-16/h2-5,10-14H,6-9,15H2,1H3;1-4,9-13,29H,5-8,14H2. The molecule has 2 fully saturated rings. The zero-order valence-electron chi connectivity index (χ0n) is 32.3. The van der Waals surface area contributed by atoms with Crippen LogP contribution in [0.2, 0.25) is 20.1 Å². The molecule has 8 nitrogen and oxygen atoms in total. The number of ether oxygens (including phenoxy) is 1. The maximum absolute atomic E-state index is 13.2. The minimum absolute atomic E-state index is 0.0794. The second-order valence-corrected chi connectivity index (χ2v) is 16.0. The van der Waals surface area contributed by atoms with Gasteiger partial charge in [-0.3, -0.25) is 19.8 Å². The Labute approximate surface area is 363 Å². The highest BCUT2D eigenvalue weighted by Gasteiger charge is 2.21. The van der Waals surface area contributed by atoms with Crippen LogP contribution in [0, 0.1) is 11.6 Å². The monoisotopic (exact) mass is 876 g/mol. The summed E-state index contributed by atoms with van der Waals surface area (Å²) in [4.78, 5) is 18.0. The normalized spacial score (nSPS) is 14.8. The number of aromatic hydroxyl groups is 1. The molecule has 306 valence electrons. The largest absolute Gasteiger partial charge is 0.505 e. The fourth-order valence-corrected chi connectivity index (χ4v) is 8.36. The Bertz CT molecular complexity index is 2310. The summed E-state index contributed by atoms with van der Waals surface area (Å²) in [6.07, 6.45) is 7.38. The first-order valence-corrected chi connectivity index (χ1v) is 20.6. The number of methoxy groups -OCH3 is 1. The molecule has 59 heavy (non-hydrogen) atoms. The molecule has 0 amide bonds. The van der Waals surface area contributed by atoms with E-state index in [0.717, 1.165) is 110 Å². The third-order valence-electron chi connectivity index (χ3n) is 10.4. The second kappa shape index (κ2) is 19.6. The van der Waals surface area contributed by atoms with E-state index in [1.165, 1.54) is 24.3 Å². The van der Waals surface area contributed by atoms with Crippen LogP contribution in [0.4, 0.5) is 20.2 Å². The van der Waals surface area contributed by atoms with Crippen molar-refractivity contribution in [2.75, 3.05) is 69.3 Å². The van der Waals surface area contributed by atoms with Gasteiger partial charge in [-0.05, 0) is 82.9 Å². The number of hydrogen-bond donors (Lipinski definition) is 1. The number of hydrogen-bond acceptors (Lipinski definition) is 8. The highest BCUT2D eigenvalue weighted by Crippen LogP contribution is 2.38. The molecule has 14 heteroatoms. The van der Waals surface area contributed by atoms with Crippen LogP contribution in [-0.2, 0) is 13.1 Å². The maximum Gasteiger partial charge on any atom is 0.156 e. The lowest BCUT2D eigenvalue weighted by molar-refractivity contribution is 0.249. The molecule has 2 aromatic heterocycles. The number of halogens is 6. The van der Waals surface area contributed by atoms with E-state index < -0.39 is 0 Å². The van der Waals surface area contributed by atoms with Crippen LogP contribution in [0.5, 0.6) is 11.5 Å². The van der Waals surface area contributed by atoms with Gasteiger partial charge in [0.2, 0.25) is 0 Å². The van der Waals surface area contributed by atoms with Crippen LogP contribution in [0.15, 0.2) is 110 Å². The van der Waals surface area contributed by atoms with Crippen LogP contribution < -0.4 is 14.5 Å². The summed E-state index contributed by atoms with van der Waals surface area (Å²) in [5.74, 6) is -0.0504. The summed E-state index contributed by atoms with van der Waals surface area (Å²) in [6.45, 7) is 8.66. The van der Waals surface area contributed by atoms with E-state index in [1.54, 1.807) is 49.7 Å². The molecule has 0 atom stereocenters. The summed E-state index contributed by atoms with van der Waals surface area (Å²) in [5, 5.41) is 11.3. The molecule has 6 aromatic rings. The lowest BCUT2D eigenvalue weighted by Gasteiger charge is -2.36. The molecular weight excluding hydrogens is 836 g/mol. The van der Waals surface area contributed by atoms with E-state index in [2.05, 4.69) is 41.7 Å². The summed E-state index contributed by atoms with van der Waals surface area (Å²) in [6, 6.07) is 24.5. The zero-order chi connectivity index (χ0) is 41.5. The first-order chi connectivity index (χ1) is 28.5. The van der Waals surface area contributed by atoms with Crippen molar-refractivity contribution in [2.24, 2.45) is 0 Å². The minimum Gasteiger partial charge on any atom is -0.505 e. The van der Waals surface area contributed by atoms with Crippen LogP contribution in [0.3, 0.4) is 0 Å². The first-order valence-electron chi connectivity index (χ1n) is 19.1. The van der Waals surface area contributed by atoms with Gasteiger partial charge in [-0.15, -0.1) is 0 Å². The molecule has 0 spiro atoms. The fraction of sp³-hybridized carbons (Fsp3) is 0.244. The van der Waals surface area contributed by atoms with Crippen LogP contribution in [0.1, 0.15) is 11.1 Å². The molecule has 2 aliphatic rings. The predicted molar refractivity (Wildman–Crippen MR) is 235 cm³/mol. The van der Waals surface area contributed by atoms with Gasteiger partial charge in [-0.25, -0.2) is 8.78 Å². The van der Waals surface area contributed by atoms with Crippen LogP contribution in [0.25, 0.3) is 22.3 Å². The summed E-state index contributed by atoms with van der Waals surface area (Å²) in [7, 11) is 1.56. The van der Waals surface area contributed by atoms with Crippen LogP contribution >= 0.6 is 46.4 Å². The molecule has 4 heterocycles. The van der Waals surface area contributed by atoms with E-state index >= 15 is 0 Å². The van der Waals surface area contributed by atoms with Gasteiger partial charge in [0.1, 0.15) is 11.6 Å². The number of benzene rings is 4. The SMILES string of the molecule is COc1c(Cl)cc(N2CCN(Cc3cncc(-c4ccc(F)cc4)c3)CC2)cc1Cl.Oc1c(Cl)cc(N2CCN(Cc3cncc(-c4ccc(F)cc4)c3)CC2)cc1Cl. The van der Waals surface area contributed by atoms with Crippen molar-refractivity contribution in [1.82, 2.24) is 19.8 Å². The van der Waals surface area contributed by atoms with E-state index in [4.69, 9.17) is 51.1 Å². The average molecular weight is 879 g/mol. The van der Waals surface area contributed by atoms with Crippen LogP contribution in [-0.4, -0.2) is 84.3 Å². The number of phenolic OH excluding ortho intramolecular Hbond substituents is 1. The summed E-state index contributed by atoms with van der Waals surface area (Å²) < 4.78 is 31.6. The highest BCUT2D eigenvalue weighted by molar-refractivity contribution is 6.38. The topological polar surface area (TPSA) is 68.2 Å². The Hall–Kier alpha value is -4.68. The number of rotatable bonds is 9. The number of pyridine rings is 2. The van der Waals surface area contributed by atoms with Crippen molar-refractivity contribution in [3.63, 3.8) is 0 Å². The number of piperazine rings is 2. The number of phenols is 1. The van der Waals surface area contributed by atoms with Gasteiger partial charge in [0.05, 0.1) is 27.2 Å². The Balaban J connectivity index is 0.000000179. The Kier molecular flexibility index (Phi) is 14.1. The molecule has 0 saturated carbocycles. The zero-order valence-corrected chi connectivity index (χ0v) is 35.3. The van der Waals surface area contributed by atoms with E-state index in [0.29, 0.717) is 15.8 Å². The smallest absolute Gasteiger partial charge is 0.156 e. The van der Waals surface area contributed by atoms with Crippen molar-refractivity contribution >= 4 is 57.8 Å². The van der Waals surface area contributed by atoms with Gasteiger partial charge in [0.15, 0.2) is 11.5 Å². The first kappa shape index (κ1) is 42.4. The van der Waals surface area contributed by atoms with Gasteiger partial charge >= 0.3 is 0 Å². The second-order valence-electron chi connectivity index (χ2n) is 14.4. The Morgan fingerprint density at radius 2 is 0.898 bits per heavy atom. The Morgan fingerprint density at radius 3 is 1.27 bits per heavy atom. The maximum atomic E-state index is 13.2. The molecule has 0 bridgehead atoms. The Morgan fingerprint density at radius 1 is 0.525 bits per heavy atom.